The minimum absolute atomic E-state index is 0.00745. The van der Waals surface area contributed by atoms with E-state index in [4.69, 9.17) is 5.73 Å². The summed E-state index contributed by atoms with van der Waals surface area (Å²) in [6.45, 7) is 3.75. The number of rotatable bonds is 10. The molecule has 0 aliphatic carbocycles. The fraction of sp³-hybridized carbons (Fsp3) is 0.429. The van der Waals surface area contributed by atoms with Crippen molar-refractivity contribution in [1.82, 2.24) is 10.6 Å². The summed E-state index contributed by atoms with van der Waals surface area (Å²) in [4.78, 5) is 53.5. The number of fused-ring (bicyclic) bond motifs is 1. The molecule has 220 valence electrons. The van der Waals surface area contributed by atoms with Crippen LogP contribution in [0.3, 0.4) is 0 Å². The van der Waals surface area contributed by atoms with Gasteiger partial charge < -0.3 is 20.9 Å². The standard InChI is InChI=1S/C28H31F3N4O6/c1-3-15-8-5-9-16(4-2)22(15)35-23(36)19-20(24(35)37)27(25(38)39,12-7-13-33-26(32)40)34-21(19)17-10-6-11-18(14-17)41-28(29,30)31/h5-6,8-11,14,19-21,34H,3-4,7,12-13H2,1-2H3,(H,38,39)(H3,32,33,40). The van der Waals surface area contributed by atoms with Gasteiger partial charge in [0, 0.05) is 12.6 Å². The molecule has 2 aliphatic rings. The number of hydrogen-bond donors (Lipinski definition) is 4. The molecule has 5 N–H and O–H groups in total. The molecule has 4 atom stereocenters. The molecule has 4 rings (SSSR count). The van der Waals surface area contributed by atoms with Gasteiger partial charge in [-0.15, -0.1) is 13.2 Å². The van der Waals surface area contributed by atoms with E-state index in [-0.39, 0.29) is 24.9 Å². The van der Waals surface area contributed by atoms with Crippen molar-refractivity contribution in [2.45, 2.75) is 57.5 Å². The average molecular weight is 577 g/mol. The van der Waals surface area contributed by atoms with Crippen molar-refractivity contribution < 1.29 is 42.2 Å². The number of carbonyl (C=O) groups excluding carboxylic acids is 3. The van der Waals surface area contributed by atoms with Crippen LogP contribution in [0.25, 0.3) is 0 Å². The molecule has 13 heteroatoms. The number of carbonyl (C=O) groups is 4. The third-order valence-electron chi connectivity index (χ3n) is 7.72. The Labute approximate surface area is 234 Å². The van der Waals surface area contributed by atoms with Crippen LogP contribution in [0.4, 0.5) is 23.7 Å². The highest BCUT2D eigenvalue weighted by atomic mass is 19.4. The van der Waals surface area contributed by atoms with E-state index >= 15 is 0 Å². The van der Waals surface area contributed by atoms with Crippen LogP contribution in [0, 0.1) is 11.8 Å². The molecule has 0 saturated carbocycles. The molecule has 4 amide bonds. The van der Waals surface area contributed by atoms with Gasteiger partial charge in [-0.25, -0.2) is 9.69 Å². The lowest BCUT2D eigenvalue weighted by Crippen LogP contribution is -2.56. The molecule has 4 unspecified atom stereocenters. The summed E-state index contributed by atoms with van der Waals surface area (Å²) in [7, 11) is 0. The normalized spacial score (nSPS) is 23.9. The molecule has 2 aromatic carbocycles. The van der Waals surface area contributed by atoms with Gasteiger partial charge in [-0.2, -0.15) is 0 Å². The molecule has 0 radical (unpaired) electrons. The van der Waals surface area contributed by atoms with E-state index in [2.05, 4.69) is 15.4 Å². The van der Waals surface area contributed by atoms with Crippen LogP contribution in [0.2, 0.25) is 0 Å². The maximum Gasteiger partial charge on any atom is 0.573 e. The van der Waals surface area contributed by atoms with Crippen molar-refractivity contribution in [3.63, 3.8) is 0 Å². The van der Waals surface area contributed by atoms with Gasteiger partial charge in [0.2, 0.25) is 11.8 Å². The van der Waals surface area contributed by atoms with Gasteiger partial charge in [-0.3, -0.25) is 19.7 Å². The minimum Gasteiger partial charge on any atom is -0.480 e. The molecule has 0 spiro atoms. The van der Waals surface area contributed by atoms with Gasteiger partial charge in [0.25, 0.3) is 0 Å². The van der Waals surface area contributed by atoms with E-state index < -0.39 is 59.3 Å². The largest absolute Gasteiger partial charge is 0.573 e. The second-order valence-corrected chi connectivity index (χ2v) is 10.1. The molecule has 2 aromatic rings. The van der Waals surface area contributed by atoms with Crippen LogP contribution >= 0.6 is 0 Å². The van der Waals surface area contributed by atoms with Gasteiger partial charge in [0.05, 0.1) is 17.5 Å². The molecule has 10 nitrogen and oxygen atoms in total. The number of urea groups is 1. The van der Waals surface area contributed by atoms with Gasteiger partial charge in [0.1, 0.15) is 11.3 Å². The lowest BCUT2D eigenvalue weighted by Gasteiger charge is -2.32. The van der Waals surface area contributed by atoms with Crippen LogP contribution in [-0.2, 0) is 27.2 Å². The van der Waals surface area contributed by atoms with Crippen molar-refractivity contribution in [2.24, 2.45) is 17.6 Å². The number of imide groups is 1. The Morgan fingerprint density at radius 1 is 1.10 bits per heavy atom. The minimum atomic E-state index is -4.97. The molecule has 2 heterocycles. The maximum atomic E-state index is 14.2. The Hall–Kier alpha value is -4.13. The Kier molecular flexibility index (Phi) is 8.29. The van der Waals surface area contributed by atoms with Crippen molar-refractivity contribution in [3.05, 3.63) is 59.2 Å². The van der Waals surface area contributed by atoms with Crippen LogP contribution in [0.15, 0.2) is 42.5 Å². The van der Waals surface area contributed by atoms with Gasteiger partial charge in [-0.1, -0.05) is 44.2 Å². The third kappa shape index (κ3) is 5.58. The first kappa shape index (κ1) is 29.8. The van der Waals surface area contributed by atoms with Crippen molar-refractivity contribution in [2.75, 3.05) is 11.4 Å². The van der Waals surface area contributed by atoms with E-state index in [1.54, 1.807) is 12.1 Å². The predicted octanol–water partition coefficient (Wildman–Crippen LogP) is 3.43. The van der Waals surface area contributed by atoms with Gasteiger partial charge in [0.15, 0.2) is 0 Å². The van der Waals surface area contributed by atoms with Crippen LogP contribution in [-0.4, -0.2) is 47.4 Å². The highest BCUT2D eigenvalue weighted by molar-refractivity contribution is 6.25. The molecule has 2 aliphatic heterocycles. The lowest BCUT2D eigenvalue weighted by molar-refractivity contribution is -0.274. The number of carboxylic acid groups (broad SMARTS) is 1. The number of nitrogens with zero attached hydrogens (tertiary/aromatic N) is 1. The second kappa shape index (κ2) is 11.4. The van der Waals surface area contributed by atoms with E-state index in [1.165, 1.54) is 12.1 Å². The monoisotopic (exact) mass is 576 g/mol. The zero-order chi connectivity index (χ0) is 30.1. The van der Waals surface area contributed by atoms with Crippen molar-refractivity contribution in [1.29, 1.82) is 0 Å². The summed E-state index contributed by atoms with van der Waals surface area (Å²) in [6.07, 6.45) is -4.07. The molecule has 2 saturated heterocycles. The van der Waals surface area contributed by atoms with Crippen LogP contribution in [0.1, 0.15) is 49.4 Å². The predicted molar refractivity (Wildman–Crippen MR) is 141 cm³/mol. The van der Waals surface area contributed by atoms with E-state index in [9.17, 15) is 37.5 Å². The third-order valence-corrected chi connectivity index (χ3v) is 7.72. The highest BCUT2D eigenvalue weighted by Gasteiger charge is 2.68. The number of aryl methyl sites for hydroxylation is 2. The van der Waals surface area contributed by atoms with Crippen molar-refractivity contribution in [3.8, 4) is 5.75 Å². The van der Waals surface area contributed by atoms with Crippen LogP contribution in [0.5, 0.6) is 5.75 Å². The number of nitrogens with one attached hydrogen (secondary N) is 2. The summed E-state index contributed by atoms with van der Waals surface area (Å²) in [5.74, 6) is -5.93. The topological polar surface area (TPSA) is 151 Å². The molecule has 2 fully saturated rings. The smallest absolute Gasteiger partial charge is 0.480 e. The number of amides is 4. The first-order chi connectivity index (χ1) is 19.3. The summed E-state index contributed by atoms with van der Waals surface area (Å²) in [5.41, 5.74) is 5.16. The SMILES string of the molecule is CCc1cccc(CC)c1N1C(=O)C2C(c3cccc(OC(F)(F)F)c3)NC(CCCNC(N)=O)(C(=O)O)C2C1=O. The molecule has 0 aromatic heterocycles. The quantitative estimate of drug-likeness (QED) is 0.250. The number of nitrogens with two attached hydrogens (primary N) is 1. The molecular weight excluding hydrogens is 545 g/mol. The zero-order valence-electron chi connectivity index (χ0n) is 22.5. The van der Waals surface area contributed by atoms with Crippen molar-refractivity contribution >= 4 is 29.5 Å². The van der Waals surface area contributed by atoms with Crippen LogP contribution < -0.4 is 26.0 Å². The number of aliphatic carboxylic acids is 1. The second-order valence-electron chi connectivity index (χ2n) is 10.1. The summed E-state index contributed by atoms with van der Waals surface area (Å²) in [5, 5.41) is 15.8. The van der Waals surface area contributed by atoms with E-state index in [1.807, 2.05) is 19.9 Å². The van der Waals surface area contributed by atoms with E-state index in [0.29, 0.717) is 18.5 Å². The van der Waals surface area contributed by atoms with E-state index in [0.717, 1.165) is 28.2 Å². The maximum absolute atomic E-state index is 14.2. The number of para-hydroxylation sites is 1. The number of ether oxygens (including phenoxy) is 1. The number of anilines is 1. The first-order valence-corrected chi connectivity index (χ1v) is 13.2. The Bertz CT molecular complexity index is 1340. The fourth-order valence-corrected chi connectivity index (χ4v) is 6.03. The summed E-state index contributed by atoms with van der Waals surface area (Å²) >= 11 is 0. The number of halogens is 3. The van der Waals surface area contributed by atoms with Gasteiger partial charge in [-0.05, 0) is 54.5 Å². The molecule has 41 heavy (non-hydrogen) atoms. The first-order valence-electron chi connectivity index (χ1n) is 13.2. The number of hydrogen-bond acceptors (Lipinski definition) is 6. The Morgan fingerprint density at radius 3 is 2.29 bits per heavy atom. The fourth-order valence-electron chi connectivity index (χ4n) is 6.03. The zero-order valence-corrected chi connectivity index (χ0v) is 22.5. The molecule has 0 bridgehead atoms. The Morgan fingerprint density at radius 2 is 1.73 bits per heavy atom. The number of alkyl halides is 3. The summed E-state index contributed by atoms with van der Waals surface area (Å²) < 4.78 is 42.9. The number of carboxylic acids is 1. The number of primary amides is 1. The highest BCUT2D eigenvalue weighted by Crippen LogP contribution is 2.52. The lowest BCUT2D eigenvalue weighted by atomic mass is 9.77. The number of benzene rings is 2. The van der Waals surface area contributed by atoms with Gasteiger partial charge >= 0.3 is 18.4 Å². The molecular formula is C28H31F3N4O6. The Balaban J connectivity index is 1.85. The summed E-state index contributed by atoms with van der Waals surface area (Å²) in [6, 6.07) is 8.36. The average Bonchev–Trinajstić information content (AvgIpc) is 3.39.